The quantitative estimate of drug-likeness (QED) is 0.652. The number of nitrogens with two attached hydrogens (primary N) is 1. The lowest BCUT2D eigenvalue weighted by molar-refractivity contribution is 0.280. The predicted octanol–water partition coefficient (Wildman–Crippen LogP) is 2.10. The van der Waals surface area contributed by atoms with E-state index in [-0.39, 0.29) is 12.4 Å². The molecule has 5 nitrogen and oxygen atoms in total. The Morgan fingerprint density at radius 2 is 2.05 bits per heavy atom. The lowest BCUT2D eigenvalue weighted by Gasteiger charge is -2.09. The van der Waals surface area contributed by atoms with E-state index in [1.54, 1.807) is 18.2 Å². The summed E-state index contributed by atoms with van der Waals surface area (Å²) < 4.78 is 18.9. The molecule has 0 atom stereocenters. The number of hydrazine groups is 1. The summed E-state index contributed by atoms with van der Waals surface area (Å²) in [6.07, 6.45) is 0. The molecule has 0 amide bonds. The predicted molar refractivity (Wildman–Crippen MR) is 70.0 cm³/mol. The van der Waals surface area contributed by atoms with Crippen molar-refractivity contribution in [3.05, 3.63) is 47.2 Å². The third-order valence-electron chi connectivity index (χ3n) is 2.49. The molecule has 19 heavy (non-hydrogen) atoms. The van der Waals surface area contributed by atoms with Crippen molar-refractivity contribution in [2.75, 3.05) is 5.43 Å². The first kappa shape index (κ1) is 13.2. The summed E-state index contributed by atoms with van der Waals surface area (Å²) in [5, 5.41) is 0. The average Bonchev–Trinajstić information content (AvgIpc) is 2.39. The van der Waals surface area contributed by atoms with Gasteiger partial charge in [-0.2, -0.15) is 0 Å². The van der Waals surface area contributed by atoms with E-state index in [9.17, 15) is 4.39 Å². The van der Waals surface area contributed by atoms with Gasteiger partial charge in [-0.25, -0.2) is 20.2 Å². The summed E-state index contributed by atoms with van der Waals surface area (Å²) in [6.45, 7) is 3.77. The molecule has 1 aromatic carbocycles. The van der Waals surface area contributed by atoms with Gasteiger partial charge >= 0.3 is 0 Å². The third kappa shape index (κ3) is 3.38. The van der Waals surface area contributed by atoms with Crippen LogP contribution in [0.1, 0.15) is 17.1 Å². The first-order valence-electron chi connectivity index (χ1n) is 5.78. The van der Waals surface area contributed by atoms with Gasteiger partial charge in [-0.15, -0.1) is 0 Å². The van der Waals surface area contributed by atoms with Crippen LogP contribution in [-0.2, 0) is 6.61 Å². The Bertz CT molecular complexity index is 589. The Hall–Kier alpha value is -2.21. The average molecular weight is 262 g/mol. The van der Waals surface area contributed by atoms with Crippen LogP contribution in [-0.4, -0.2) is 9.97 Å². The number of aromatic nitrogens is 2. The second kappa shape index (κ2) is 5.62. The van der Waals surface area contributed by atoms with E-state index in [4.69, 9.17) is 10.6 Å². The van der Waals surface area contributed by atoms with Crippen LogP contribution in [0.2, 0.25) is 0 Å². The molecule has 100 valence electrons. The molecule has 0 saturated heterocycles. The Morgan fingerprint density at radius 3 is 2.79 bits per heavy atom. The lowest BCUT2D eigenvalue weighted by Crippen LogP contribution is -2.12. The van der Waals surface area contributed by atoms with Crippen LogP contribution in [0.5, 0.6) is 5.75 Å². The minimum absolute atomic E-state index is 0.0801. The summed E-state index contributed by atoms with van der Waals surface area (Å²) in [5.74, 6) is 6.01. The normalized spacial score (nSPS) is 10.3. The Morgan fingerprint density at radius 1 is 1.26 bits per heavy atom. The molecule has 0 spiro atoms. The number of ether oxygens (including phenoxy) is 1. The molecule has 0 fully saturated rings. The first-order valence-corrected chi connectivity index (χ1v) is 5.78. The van der Waals surface area contributed by atoms with Gasteiger partial charge in [-0.1, -0.05) is 6.07 Å². The molecule has 0 unspecified atom stereocenters. The molecule has 0 aliphatic heterocycles. The molecular weight excluding hydrogens is 247 g/mol. The monoisotopic (exact) mass is 262 g/mol. The second-order valence-corrected chi connectivity index (χ2v) is 4.18. The fourth-order valence-corrected chi connectivity index (χ4v) is 1.63. The van der Waals surface area contributed by atoms with Gasteiger partial charge < -0.3 is 10.2 Å². The summed E-state index contributed by atoms with van der Waals surface area (Å²) in [5.41, 5.74) is 4.12. The Kier molecular flexibility index (Phi) is 3.91. The topological polar surface area (TPSA) is 73.1 Å². The number of halogens is 1. The number of aryl methyl sites for hydroxylation is 2. The molecule has 0 bridgehead atoms. The highest BCUT2D eigenvalue weighted by molar-refractivity contribution is 5.34. The van der Waals surface area contributed by atoms with Crippen molar-refractivity contribution in [2.24, 2.45) is 5.84 Å². The van der Waals surface area contributed by atoms with Crippen molar-refractivity contribution in [1.82, 2.24) is 9.97 Å². The van der Waals surface area contributed by atoms with Crippen LogP contribution >= 0.6 is 0 Å². The number of nitrogen functional groups attached to an aromatic ring is 1. The number of nitrogens with zero attached hydrogens (tertiary/aromatic N) is 2. The molecule has 1 aromatic heterocycles. The van der Waals surface area contributed by atoms with Crippen molar-refractivity contribution >= 4 is 5.82 Å². The molecule has 2 rings (SSSR count). The van der Waals surface area contributed by atoms with Gasteiger partial charge in [-0.05, 0) is 31.5 Å². The van der Waals surface area contributed by atoms with Crippen molar-refractivity contribution in [2.45, 2.75) is 20.5 Å². The van der Waals surface area contributed by atoms with Crippen molar-refractivity contribution in [3.63, 3.8) is 0 Å². The lowest BCUT2D eigenvalue weighted by atomic mass is 10.2. The zero-order valence-corrected chi connectivity index (χ0v) is 10.8. The van der Waals surface area contributed by atoms with Crippen molar-refractivity contribution in [1.29, 1.82) is 0 Å². The molecule has 0 aliphatic carbocycles. The highest BCUT2D eigenvalue weighted by atomic mass is 19.1. The van der Waals surface area contributed by atoms with Gasteiger partial charge in [0.1, 0.15) is 12.4 Å². The Labute approximate surface area is 110 Å². The fraction of sp³-hybridized carbons (Fsp3) is 0.231. The minimum atomic E-state index is -0.407. The van der Waals surface area contributed by atoms with Gasteiger partial charge in [-0.3, -0.25) is 0 Å². The van der Waals surface area contributed by atoms with Crippen LogP contribution in [0.3, 0.4) is 0 Å². The van der Waals surface area contributed by atoms with Crippen LogP contribution in [0.25, 0.3) is 0 Å². The fourth-order valence-electron chi connectivity index (χ4n) is 1.63. The summed E-state index contributed by atoms with van der Waals surface area (Å²) in [7, 11) is 0. The van der Waals surface area contributed by atoms with Gasteiger partial charge in [0.15, 0.2) is 17.4 Å². The highest BCUT2D eigenvalue weighted by Crippen LogP contribution is 2.19. The molecular formula is C13H15FN4O. The van der Waals surface area contributed by atoms with Crippen LogP contribution in [0.4, 0.5) is 10.2 Å². The maximum atomic E-state index is 13.5. The van der Waals surface area contributed by atoms with Gasteiger partial charge in [0.05, 0.1) is 0 Å². The van der Waals surface area contributed by atoms with Crippen LogP contribution < -0.4 is 16.0 Å². The maximum Gasteiger partial charge on any atom is 0.168 e. The van der Waals surface area contributed by atoms with E-state index in [0.29, 0.717) is 11.6 Å². The second-order valence-electron chi connectivity index (χ2n) is 4.18. The van der Waals surface area contributed by atoms with Gasteiger partial charge in [0, 0.05) is 11.8 Å². The van der Waals surface area contributed by atoms with Gasteiger partial charge in [0.25, 0.3) is 0 Å². The number of benzene rings is 1. The molecule has 0 radical (unpaired) electrons. The maximum absolute atomic E-state index is 13.5. The molecule has 1 heterocycles. The number of hydrogen-bond acceptors (Lipinski definition) is 5. The van der Waals surface area contributed by atoms with E-state index < -0.39 is 5.82 Å². The standard InChI is InChI=1S/C13H15FN4O/c1-8-3-4-10(14)11(5-8)19-7-13-16-9(2)6-12(17-13)18-15/h3-6H,7,15H2,1-2H3,(H,16,17,18). The summed E-state index contributed by atoms with van der Waals surface area (Å²) in [6, 6.07) is 6.39. The highest BCUT2D eigenvalue weighted by Gasteiger charge is 2.06. The van der Waals surface area contributed by atoms with Crippen molar-refractivity contribution < 1.29 is 9.13 Å². The molecule has 0 saturated carbocycles. The van der Waals surface area contributed by atoms with E-state index in [1.165, 1.54) is 6.07 Å². The number of nitrogens with one attached hydrogen (secondary N) is 1. The summed E-state index contributed by atoms with van der Waals surface area (Å²) in [4.78, 5) is 8.32. The molecule has 3 N–H and O–H groups in total. The van der Waals surface area contributed by atoms with Gasteiger partial charge in [0.2, 0.25) is 0 Å². The van der Waals surface area contributed by atoms with E-state index in [2.05, 4.69) is 15.4 Å². The molecule has 6 heteroatoms. The first-order chi connectivity index (χ1) is 9.08. The minimum Gasteiger partial charge on any atom is -0.483 e. The zero-order chi connectivity index (χ0) is 13.8. The van der Waals surface area contributed by atoms with Crippen LogP contribution in [0.15, 0.2) is 24.3 Å². The van der Waals surface area contributed by atoms with Crippen LogP contribution in [0, 0.1) is 19.7 Å². The van der Waals surface area contributed by atoms with Crippen molar-refractivity contribution in [3.8, 4) is 5.75 Å². The number of rotatable bonds is 4. The molecule has 0 aliphatic rings. The number of anilines is 1. The Balaban J connectivity index is 2.14. The van der Waals surface area contributed by atoms with E-state index in [1.807, 2.05) is 13.8 Å². The zero-order valence-electron chi connectivity index (χ0n) is 10.8. The largest absolute Gasteiger partial charge is 0.483 e. The molecule has 2 aromatic rings. The van der Waals surface area contributed by atoms with E-state index >= 15 is 0 Å². The smallest absolute Gasteiger partial charge is 0.168 e. The third-order valence-corrected chi connectivity index (χ3v) is 2.49. The van der Waals surface area contributed by atoms with E-state index in [0.717, 1.165) is 11.3 Å². The SMILES string of the molecule is Cc1ccc(F)c(OCc2nc(C)cc(NN)n2)c1. The number of hydrogen-bond donors (Lipinski definition) is 2. The summed E-state index contributed by atoms with van der Waals surface area (Å²) >= 11 is 0.